The molecule has 0 bridgehead atoms. The molecule has 2 N–H and O–H groups in total. The second kappa shape index (κ2) is 6.51. The van der Waals surface area contributed by atoms with Crippen LogP contribution in [-0.4, -0.2) is 24.1 Å². The summed E-state index contributed by atoms with van der Waals surface area (Å²) in [5.41, 5.74) is 9.45. The molecule has 0 saturated heterocycles. The van der Waals surface area contributed by atoms with Gasteiger partial charge in [-0.15, -0.1) is 0 Å². The van der Waals surface area contributed by atoms with Crippen LogP contribution in [0.5, 0.6) is 0 Å². The molecule has 0 saturated carbocycles. The average Bonchev–Trinajstić information content (AvgIpc) is 3.12. The standard InChI is InChI=1S/C20H17N3O3S/c1-2-27(24,25)15-7-5-6-13(10-15)14-11-16(19(21)22-12-14)20-23-17-8-3-4-9-18(17)26-20/h3-12H,2H2,1H3,(H2,21,22). The van der Waals surface area contributed by atoms with Crippen LogP contribution in [0.4, 0.5) is 5.82 Å². The molecule has 0 spiro atoms. The van der Waals surface area contributed by atoms with E-state index in [1.165, 1.54) is 0 Å². The van der Waals surface area contributed by atoms with E-state index in [1.54, 1.807) is 31.3 Å². The highest BCUT2D eigenvalue weighted by atomic mass is 32.2. The third-order valence-electron chi connectivity index (χ3n) is 4.35. The van der Waals surface area contributed by atoms with Gasteiger partial charge in [0.15, 0.2) is 15.4 Å². The first-order valence-electron chi connectivity index (χ1n) is 8.42. The van der Waals surface area contributed by atoms with Crippen molar-refractivity contribution in [3.05, 3.63) is 60.8 Å². The van der Waals surface area contributed by atoms with Gasteiger partial charge in [0.25, 0.3) is 0 Å². The van der Waals surface area contributed by atoms with Gasteiger partial charge in [-0.3, -0.25) is 0 Å². The van der Waals surface area contributed by atoms with Gasteiger partial charge in [-0.2, -0.15) is 0 Å². The van der Waals surface area contributed by atoms with Crippen LogP contribution in [0.3, 0.4) is 0 Å². The molecule has 2 aromatic carbocycles. The summed E-state index contributed by atoms with van der Waals surface area (Å²) in [6, 6.07) is 16.0. The summed E-state index contributed by atoms with van der Waals surface area (Å²) in [6.45, 7) is 1.62. The highest BCUT2D eigenvalue weighted by Gasteiger charge is 2.15. The van der Waals surface area contributed by atoms with Crippen molar-refractivity contribution in [3.8, 4) is 22.6 Å². The van der Waals surface area contributed by atoms with E-state index >= 15 is 0 Å². The highest BCUT2D eigenvalue weighted by Crippen LogP contribution is 2.32. The number of nitrogen functional groups attached to an aromatic ring is 1. The van der Waals surface area contributed by atoms with E-state index in [9.17, 15) is 8.42 Å². The monoisotopic (exact) mass is 379 g/mol. The Morgan fingerprint density at radius 1 is 1.04 bits per heavy atom. The number of anilines is 1. The van der Waals surface area contributed by atoms with Gasteiger partial charge >= 0.3 is 0 Å². The zero-order valence-corrected chi connectivity index (χ0v) is 15.4. The number of pyridine rings is 1. The molecule has 0 aliphatic heterocycles. The summed E-state index contributed by atoms with van der Waals surface area (Å²) in [5.74, 6) is 0.716. The van der Waals surface area contributed by atoms with E-state index in [0.717, 1.165) is 16.6 Å². The topological polar surface area (TPSA) is 99.1 Å². The summed E-state index contributed by atoms with van der Waals surface area (Å²) in [4.78, 5) is 8.99. The lowest BCUT2D eigenvalue weighted by molar-refractivity contribution is 0.597. The summed E-state index contributed by atoms with van der Waals surface area (Å²) < 4.78 is 30.1. The molecule has 2 aromatic heterocycles. The molecule has 6 nitrogen and oxygen atoms in total. The first kappa shape index (κ1) is 17.2. The third kappa shape index (κ3) is 3.17. The van der Waals surface area contributed by atoms with Crippen molar-refractivity contribution in [1.82, 2.24) is 9.97 Å². The van der Waals surface area contributed by atoms with Gasteiger partial charge in [-0.25, -0.2) is 18.4 Å². The van der Waals surface area contributed by atoms with E-state index in [0.29, 0.717) is 22.9 Å². The van der Waals surface area contributed by atoms with E-state index in [1.807, 2.05) is 36.4 Å². The number of nitrogens with two attached hydrogens (primary N) is 1. The fraction of sp³-hybridized carbons (Fsp3) is 0.100. The fourth-order valence-electron chi connectivity index (χ4n) is 2.83. The molecule has 0 unspecified atom stereocenters. The number of benzene rings is 2. The Bertz CT molecular complexity index is 1210. The van der Waals surface area contributed by atoms with Crippen molar-refractivity contribution in [2.24, 2.45) is 0 Å². The fourth-order valence-corrected chi connectivity index (χ4v) is 3.75. The average molecular weight is 379 g/mol. The van der Waals surface area contributed by atoms with Gasteiger partial charge in [-0.05, 0) is 35.9 Å². The number of hydrogen-bond donors (Lipinski definition) is 1. The summed E-state index contributed by atoms with van der Waals surface area (Å²) in [6.07, 6.45) is 1.61. The molecule has 0 radical (unpaired) electrons. The second-order valence-electron chi connectivity index (χ2n) is 6.07. The predicted octanol–water partition coefficient (Wildman–Crippen LogP) is 3.93. The van der Waals surface area contributed by atoms with E-state index in [4.69, 9.17) is 10.2 Å². The zero-order valence-electron chi connectivity index (χ0n) is 14.6. The molecule has 0 fully saturated rings. The Hall–Kier alpha value is -3.19. The van der Waals surface area contributed by atoms with Crippen LogP contribution < -0.4 is 5.73 Å². The second-order valence-corrected chi connectivity index (χ2v) is 8.35. The number of nitrogens with zero attached hydrogens (tertiary/aromatic N) is 2. The molecule has 4 rings (SSSR count). The van der Waals surface area contributed by atoms with Gasteiger partial charge in [-0.1, -0.05) is 31.2 Å². The molecule has 2 heterocycles. The zero-order chi connectivity index (χ0) is 19.0. The van der Waals surface area contributed by atoms with Crippen molar-refractivity contribution in [1.29, 1.82) is 0 Å². The molecule has 0 aliphatic carbocycles. The first-order valence-corrected chi connectivity index (χ1v) is 10.1. The van der Waals surface area contributed by atoms with Crippen molar-refractivity contribution < 1.29 is 12.8 Å². The van der Waals surface area contributed by atoms with Gasteiger partial charge in [0.2, 0.25) is 5.89 Å². The maximum absolute atomic E-state index is 12.2. The molecular formula is C20H17N3O3S. The quantitative estimate of drug-likeness (QED) is 0.577. The summed E-state index contributed by atoms with van der Waals surface area (Å²) in [5, 5.41) is 0. The number of fused-ring (bicyclic) bond motifs is 1. The molecule has 7 heteroatoms. The van der Waals surface area contributed by atoms with Crippen LogP contribution in [0.1, 0.15) is 6.92 Å². The van der Waals surface area contributed by atoms with Crippen LogP contribution in [0.25, 0.3) is 33.7 Å². The van der Waals surface area contributed by atoms with Gasteiger partial charge < -0.3 is 10.2 Å². The minimum absolute atomic E-state index is 0.0462. The van der Waals surface area contributed by atoms with Crippen molar-refractivity contribution >= 4 is 26.8 Å². The lowest BCUT2D eigenvalue weighted by Crippen LogP contribution is -2.03. The number of para-hydroxylation sites is 2. The van der Waals surface area contributed by atoms with Gasteiger partial charge in [0.1, 0.15) is 11.3 Å². The molecule has 136 valence electrons. The Balaban J connectivity index is 1.82. The minimum Gasteiger partial charge on any atom is -0.436 e. The number of aromatic nitrogens is 2. The number of sulfone groups is 1. The Kier molecular flexibility index (Phi) is 4.16. The van der Waals surface area contributed by atoms with Crippen molar-refractivity contribution in [2.45, 2.75) is 11.8 Å². The van der Waals surface area contributed by atoms with E-state index in [-0.39, 0.29) is 10.6 Å². The lowest BCUT2D eigenvalue weighted by atomic mass is 10.1. The van der Waals surface area contributed by atoms with Gasteiger partial charge in [0.05, 0.1) is 16.2 Å². The van der Waals surface area contributed by atoms with Crippen LogP contribution >= 0.6 is 0 Å². The Morgan fingerprint density at radius 3 is 2.63 bits per heavy atom. The predicted molar refractivity (Wildman–Crippen MR) is 105 cm³/mol. The smallest absolute Gasteiger partial charge is 0.231 e. The number of hydrogen-bond acceptors (Lipinski definition) is 6. The van der Waals surface area contributed by atoms with Crippen LogP contribution in [-0.2, 0) is 9.84 Å². The maximum Gasteiger partial charge on any atom is 0.231 e. The van der Waals surface area contributed by atoms with Gasteiger partial charge in [0, 0.05) is 11.8 Å². The minimum atomic E-state index is -3.29. The largest absolute Gasteiger partial charge is 0.436 e. The lowest BCUT2D eigenvalue weighted by Gasteiger charge is -2.08. The number of oxazole rings is 1. The van der Waals surface area contributed by atoms with Crippen LogP contribution in [0.15, 0.2) is 70.1 Å². The Morgan fingerprint density at radius 2 is 1.85 bits per heavy atom. The van der Waals surface area contributed by atoms with Crippen molar-refractivity contribution in [2.75, 3.05) is 11.5 Å². The summed E-state index contributed by atoms with van der Waals surface area (Å²) >= 11 is 0. The van der Waals surface area contributed by atoms with Crippen molar-refractivity contribution in [3.63, 3.8) is 0 Å². The molecule has 0 aliphatic rings. The Labute approximate surface area is 156 Å². The van der Waals surface area contributed by atoms with Crippen LogP contribution in [0.2, 0.25) is 0 Å². The van der Waals surface area contributed by atoms with Crippen LogP contribution in [0, 0.1) is 0 Å². The maximum atomic E-state index is 12.2. The SMILES string of the molecule is CCS(=O)(=O)c1cccc(-c2cnc(N)c(-c3nc4ccccc4o3)c2)c1. The third-order valence-corrected chi connectivity index (χ3v) is 6.08. The molecule has 4 aromatic rings. The highest BCUT2D eigenvalue weighted by molar-refractivity contribution is 7.91. The number of rotatable bonds is 4. The molecule has 0 atom stereocenters. The normalized spacial score (nSPS) is 11.7. The van der Waals surface area contributed by atoms with E-state index in [2.05, 4.69) is 9.97 Å². The molecular weight excluding hydrogens is 362 g/mol. The first-order chi connectivity index (χ1) is 13.0. The summed E-state index contributed by atoms with van der Waals surface area (Å²) in [7, 11) is -3.29. The molecule has 0 amide bonds. The molecule has 27 heavy (non-hydrogen) atoms. The van der Waals surface area contributed by atoms with E-state index < -0.39 is 9.84 Å².